The second kappa shape index (κ2) is 8.08. The average Bonchev–Trinajstić information content (AvgIpc) is 2.75. The highest BCUT2D eigenvalue weighted by Gasteiger charge is 2.19. The van der Waals surface area contributed by atoms with Crippen LogP contribution in [0, 0.1) is 6.92 Å². The molecule has 0 spiro atoms. The molecule has 4 rings (SSSR count). The number of piperazine rings is 1. The number of hydrogen-bond donors (Lipinski definition) is 1. The van der Waals surface area contributed by atoms with Gasteiger partial charge in [0, 0.05) is 37.4 Å². The van der Waals surface area contributed by atoms with E-state index in [9.17, 15) is 4.79 Å². The van der Waals surface area contributed by atoms with E-state index >= 15 is 0 Å². The Bertz CT molecular complexity index is 935. The number of carbonyl (C=O) groups excluding carboxylic acids is 1. The Morgan fingerprint density at radius 2 is 1.57 bits per heavy atom. The number of aryl methyl sites for hydroxylation is 1. The molecule has 2 heterocycles. The summed E-state index contributed by atoms with van der Waals surface area (Å²) in [5.74, 6) is 0.540. The number of carbonyl (C=O) groups is 1. The molecule has 142 valence electrons. The molecule has 1 amide bonds. The Labute approximate surface area is 164 Å². The molecule has 0 bridgehead atoms. The molecule has 6 heteroatoms. The molecule has 6 nitrogen and oxygen atoms in total. The van der Waals surface area contributed by atoms with Gasteiger partial charge in [-0.1, -0.05) is 35.9 Å². The first kappa shape index (κ1) is 18.0. The van der Waals surface area contributed by atoms with Gasteiger partial charge in [-0.15, -0.1) is 0 Å². The van der Waals surface area contributed by atoms with Crippen LogP contribution in [0.1, 0.15) is 15.9 Å². The number of nitrogens with zero attached hydrogens (tertiary/aromatic N) is 4. The lowest BCUT2D eigenvalue weighted by atomic mass is 10.1. The van der Waals surface area contributed by atoms with E-state index in [1.54, 1.807) is 18.5 Å². The third-order valence-electron chi connectivity index (χ3n) is 4.86. The summed E-state index contributed by atoms with van der Waals surface area (Å²) in [6.07, 6.45) is 3.33. The molecule has 0 aliphatic carbocycles. The van der Waals surface area contributed by atoms with Crippen molar-refractivity contribution in [2.75, 3.05) is 41.3 Å². The van der Waals surface area contributed by atoms with Gasteiger partial charge < -0.3 is 15.1 Å². The van der Waals surface area contributed by atoms with Crippen LogP contribution in [0.2, 0.25) is 0 Å². The van der Waals surface area contributed by atoms with Crippen molar-refractivity contribution in [1.29, 1.82) is 0 Å². The fourth-order valence-corrected chi connectivity index (χ4v) is 3.34. The fraction of sp³-hybridized carbons (Fsp3) is 0.227. The Morgan fingerprint density at radius 1 is 0.893 bits per heavy atom. The first-order chi connectivity index (χ1) is 13.7. The zero-order valence-electron chi connectivity index (χ0n) is 15.9. The summed E-state index contributed by atoms with van der Waals surface area (Å²) >= 11 is 0. The second-order valence-electron chi connectivity index (χ2n) is 6.90. The average molecular weight is 373 g/mol. The van der Waals surface area contributed by atoms with Gasteiger partial charge in [-0.25, -0.2) is 9.97 Å². The Morgan fingerprint density at radius 3 is 2.25 bits per heavy atom. The van der Waals surface area contributed by atoms with Crippen LogP contribution in [-0.2, 0) is 0 Å². The molecule has 1 saturated heterocycles. The standard InChI is InChI=1S/C22H23N5O/c1-17-6-5-7-18(14-17)21(28)25-19-15-23-22(24-16-19)27-12-10-26(11-13-27)20-8-3-2-4-9-20/h2-9,14-16H,10-13H2,1H3,(H,25,28). The minimum atomic E-state index is -0.156. The first-order valence-electron chi connectivity index (χ1n) is 9.44. The highest BCUT2D eigenvalue weighted by molar-refractivity contribution is 6.04. The van der Waals surface area contributed by atoms with Crippen molar-refractivity contribution >= 4 is 23.2 Å². The smallest absolute Gasteiger partial charge is 0.255 e. The first-order valence-corrected chi connectivity index (χ1v) is 9.44. The molecule has 28 heavy (non-hydrogen) atoms. The molecule has 1 fully saturated rings. The van der Waals surface area contributed by atoms with Gasteiger partial charge in [0.15, 0.2) is 0 Å². The van der Waals surface area contributed by atoms with E-state index in [1.807, 2.05) is 31.2 Å². The maximum absolute atomic E-state index is 12.3. The van der Waals surface area contributed by atoms with Crippen molar-refractivity contribution in [1.82, 2.24) is 9.97 Å². The largest absolute Gasteiger partial charge is 0.368 e. The van der Waals surface area contributed by atoms with Gasteiger partial charge in [-0.2, -0.15) is 0 Å². The van der Waals surface area contributed by atoms with E-state index in [0.717, 1.165) is 31.7 Å². The molecule has 1 N–H and O–H groups in total. The van der Waals surface area contributed by atoms with E-state index in [0.29, 0.717) is 17.2 Å². The fourth-order valence-electron chi connectivity index (χ4n) is 3.34. The maximum atomic E-state index is 12.3. The minimum Gasteiger partial charge on any atom is -0.368 e. The minimum absolute atomic E-state index is 0.156. The van der Waals surface area contributed by atoms with Gasteiger partial charge in [-0.3, -0.25) is 4.79 Å². The highest BCUT2D eigenvalue weighted by atomic mass is 16.1. The van der Waals surface area contributed by atoms with Crippen molar-refractivity contribution in [3.63, 3.8) is 0 Å². The molecule has 0 saturated carbocycles. The van der Waals surface area contributed by atoms with Crippen LogP contribution in [0.15, 0.2) is 67.0 Å². The topological polar surface area (TPSA) is 61.4 Å². The number of rotatable bonds is 4. The number of hydrogen-bond acceptors (Lipinski definition) is 5. The number of para-hydroxylation sites is 1. The summed E-state index contributed by atoms with van der Waals surface area (Å²) in [5, 5.41) is 2.85. The van der Waals surface area contributed by atoms with E-state index in [1.165, 1.54) is 5.69 Å². The van der Waals surface area contributed by atoms with Gasteiger partial charge in [-0.05, 0) is 31.2 Å². The third kappa shape index (κ3) is 4.11. The zero-order chi connectivity index (χ0) is 19.3. The van der Waals surface area contributed by atoms with Crippen LogP contribution in [-0.4, -0.2) is 42.1 Å². The number of amides is 1. The van der Waals surface area contributed by atoms with Crippen LogP contribution in [0.25, 0.3) is 0 Å². The van der Waals surface area contributed by atoms with Crippen molar-refractivity contribution in [2.24, 2.45) is 0 Å². The molecule has 3 aromatic rings. The van der Waals surface area contributed by atoms with Gasteiger partial charge in [0.1, 0.15) is 0 Å². The lowest BCUT2D eigenvalue weighted by Crippen LogP contribution is -2.47. The predicted octanol–water partition coefficient (Wildman–Crippen LogP) is 3.36. The summed E-state index contributed by atoms with van der Waals surface area (Å²) in [6.45, 7) is 5.55. The molecular formula is C22H23N5O. The Hall–Kier alpha value is -3.41. The molecule has 0 unspecified atom stereocenters. The van der Waals surface area contributed by atoms with Gasteiger partial charge in [0.05, 0.1) is 18.1 Å². The van der Waals surface area contributed by atoms with E-state index in [2.05, 4.69) is 49.4 Å². The number of anilines is 3. The summed E-state index contributed by atoms with van der Waals surface area (Å²) < 4.78 is 0. The van der Waals surface area contributed by atoms with Crippen molar-refractivity contribution < 1.29 is 4.79 Å². The van der Waals surface area contributed by atoms with Crippen LogP contribution >= 0.6 is 0 Å². The molecule has 1 aromatic heterocycles. The van der Waals surface area contributed by atoms with Gasteiger partial charge in [0.2, 0.25) is 5.95 Å². The SMILES string of the molecule is Cc1cccc(C(=O)Nc2cnc(N3CCN(c4ccccc4)CC3)nc2)c1. The van der Waals surface area contributed by atoms with Crippen molar-refractivity contribution in [3.8, 4) is 0 Å². The lowest BCUT2D eigenvalue weighted by molar-refractivity contribution is 0.102. The van der Waals surface area contributed by atoms with Gasteiger partial charge in [0.25, 0.3) is 5.91 Å². The monoisotopic (exact) mass is 373 g/mol. The highest BCUT2D eigenvalue weighted by Crippen LogP contribution is 2.18. The predicted molar refractivity (Wildman–Crippen MR) is 112 cm³/mol. The van der Waals surface area contributed by atoms with E-state index in [-0.39, 0.29) is 5.91 Å². The second-order valence-corrected chi connectivity index (χ2v) is 6.90. The van der Waals surface area contributed by atoms with Crippen molar-refractivity contribution in [2.45, 2.75) is 6.92 Å². The molecule has 0 radical (unpaired) electrons. The number of benzene rings is 2. The molecular weight excluding hydrogens is 350 g/mol. The molecule has 1 aliphatic rings. The van der Waals surface area contributed by atoms with E-state index in [4.69, 9.17) is 0 Å². The zero-order valence-corrected chi connectivity index (χ0v) is 15.9. The van der Waals surface area contributed by atoms with Gasteiger partial charge >= 0.3 is 0 Å². The molecule has 0 atom stereocenters. The quantitative estimate of drug-likeness (QED) is 0.760. The number of nitrogens with one attached hydrogen (secondary N) is 1. The Balaban J connectivity index is 1.35. The summed E-state index contributed by atoms with van der Waals surface area (Å²) in [5.41, 5.74) is 3.52. The van der Waals surface area contributed by atoms with Crippen LogP contribution in [0.3, 0.4) is 0 Å². The summed E-state index contributed by atoms with van der Waals surface area (Å²) in [7, 11) is 0. The summed E-state index contributed by atoms with van der Waals surface area (Å²) in [4.78, 5) is 25.8. The van der Waals surface area contributed by atoms with Crippen LogP contribution < -0.4 is 15.1 Å². The van der Waals surface area contributed by atoms with Crippen molar-refractivity contribution in [3.05, 3.63) is 78.1 Å². The molecule has 2 aromatic carbocycles. The number of aromatic nitrogens is 2. The van der Waals surface area contributed by atoms with Crippen LogP contribution in [0.5, 0.6) is 0 Å². The Kier molecular flexibility index (Phi) is 5.19. The van der Waals surface area contributed by atoms with Crippen LogP contribution in [0.4, 0.5) is 17.3 Å². The summed E-state index contributed by atoms with van der Waals surface area (Å²) in [6, 6.07) is 17.9. The normalized spacial score (nSPS) is 14.0. The molecule has 1 aliphatic heterocycles. The lowest BCUT2D eigenvalue weighted by Gasteiger charge is -2.36. The van der Waals surface area contributed by atoms with E-state index < -0.39 is 0 Å². The third-order valence-corrected chi connectivity index (χ3v) is 4.86. The maximum Gasteiger partial charge on any atom is 0.255 e.